The van der Waals surface area contributed by atoms with Crippen LogP contribution in [0, 0.1) is 17.8 Å². The van der Waals surface area contributed by atoms with Gasteiger partial charge >= 0.3 is 7.82 Å². The average molecular weight is 1750 g/mol. The molecule has 0 spiro atoms. The first-order valence-electron chi connectivity index (χ1n) is 42.2. The Labute approximate surface area is 698 Å². The van der Waals surface area contributed by atoms with Gasteiger partial charge < -0.3 is 133 Å². The van der Waals surface area contributed by atoms with Crippen LogP contribution in [0.3, 0.4) is 0 Å². The van der Waals surface area contributed by atoms with E-state index >= 15 is 0 Å². The molecule has 3 amide bonds. The summed E-state index contributed by atoms with van der Waals surface area (Å²) in [4.78, 5) is 129. The molecule has 119 heavy (non-hydrogen) atoms. The predicted molar refractivity (Wildman–Crippen MR) is 425 cm³/mol. The zero-order valence-electron chi connectivity index (χ0n) is 70.0. The Bertz CT molecular complexity index is 2880. The number of nitrogens with zero attached hydrogens (tertiary/aromatic N) is 1. The molecule has 690 valence electrons. The number of hydrogen-bond donors (Lipinski definition) is 14. The summed E-state index contributed by atoms with van der Waals surface area (Å²) in [6.45, 7) is 3.14. The molecule has 5 rings (SSSR count). The largest absolute Gasteiger partial charge is 0.472 e. The number of phosphoric acid groups is 1. The number of β-amino-alcohol motifs (C(OH)–C–C–N with tert-alkyl or cyclic N) is 1. The minimum absolute atomic E-state index is 0.0156. The van der Waals surface area contributed by atoms with Crippen molar-refractivity contribution in [2.75, 3.05) is 113 Å². The number of ketones is 5. The second-order valence-corrected chi connectivity index (χ2v) is 35.4. The van der Waals surface area contributed by atoms with E-state index in [4.69, 9.17) is 65.5 Å². The van der Waals surface area contributed by atoms with Gasteiger partial charge in [-0.05, 0) is 96.7 Å². The lowest BCUT2D eigenvalue weighted by molar-refractivity contribution is -0.282. The molecule has 5 heterocycles. The van der Waals surface area contributed by atoms with E-state index in [2.05, 4.69) is 16.9 Å². The van der Waals surface area contributed by atoms with Crippen molar-refractivity contribution >= 4 is 68.3 Å². The molecule has 8 unspecified atom stereocenters. The van der Waals surface area contributed by atoms with E-state index in [9.17, 15) is 104 Å². The third kappa shape index (κ3) is 39.4. The number of amides is 3. The number of hydrogen-bond acceptors (Lipinski definition) is 34. The van der Waals surface area contributed by atoms with Gasteiger partial charge in [0.25, 0.3) is 0 Å². The van der Waals surface area contributed by atoms with Gasteiger partial charge in [-0.2, -0.15) is 0 Å². The van der Waals surface area contributed by atoms with Crippen LogP contribution in [0.2, 0.25) is 0 Å². The van der Waals surface area contributed by atoms with Gasteiger partial charge in [0.15, 0.2) is 18.9 Å². The number of carbonyl (C=O) groups excluding carboxylic acids is 8. The first-order chi connectivity index (χ1) is 56.6. The van der Waals surface area contributed by atoms with Crippen molar-refractivity contribution in [3.63, 3.8) is 0 Å². The van der Waals surface area contributed by atoms with E-state index in [0.29, 0.717) is 116 Å². The molecule has 0 aromatic carbocycles. The summed E-state index contributed by atoms with van der Waals surface area (Å²) in [7, 11) is -7.21. The standard InChI is InChI=1S/C79H139N3O35P2/c1-51-39-62(66(113-51)47-111-118(6,101)104-5)117-119(102,103)112-46-55-40-61(91)42-82(55)69(94)41-68(93)81-79(48-105-36-29-59(89)23-11-7-9-21-56(86)26-14-18-33-108-76-52(2)70(95)73(98)63(43-83)114-76,49-106-37-30-60(90)24-12-8-10-22-57(87)27-15-19-34-109-77-53(3)71(96)74(99)64(44-84)115-77)50-107-38-31-67(92)80-32-17-13-25-58(88)28-16-20-35-110-78-54(4)72(97)75(100)65(45-85)116-78/h51-55,61-66,70-78,83-85,91,95-101H,6-50H2,1-5H3,(H,80,92)(H,81,93)(H,102,103)/t51-,52?,53?,54?,55-,61+,62-,63?,64?,65?,66+,70+,71+,72+,73-,74-,75-,76+,77+,78+,79?,118?/m0/s1. The molecular weight excluding hydrogens is 1610 g/mol. The first-order valence-corrected chi connectivity index (χ1v) is 45.5. The van der Waals surface area contributed by atoms with Crippen LogP contribution in [0.5, 0.6) is 0 Å². The Kier molecular flexibility index (Phi) is 50.1. The lowest BCUT2D eigenvalue weighted by atomic mass is 9.92. The number of carbonyl (C=O) groups is 8. The molecule has 40 heteroatoms. The monoisotopic (exact) mass is 1750 g/mol. The smallest absolute Gasteiger partial charge is 0.394 e. The van der Waals surface area contributed by atoms with Gasteiger partial charge in [-0.3, -0.25) is 47.4 Å². The Hall–Kier alpha value is -3.75. The summed E-state index contributed by atoms with van der Waals surface area (Å²) < 4.78 is 92.8. The number of rotatable bonds is 65. The average Bonchev–Trinajstić information content (AvgIpc) is 1.80. The predicted octanol–water partition coefficient (Wildman–Crippen LogP) is 1.76. The van der Waals surface area contributed by atoms with Gasteiger partial charge in [0.1, 0.15) is 89.7 Å². The maximum absolute atomic E-state index is 14.4. The van der Waals surface area contributed by atoms with Crippen LogP contribution in [0.25, 0.3) is 0 Å². The van der Waals surface area contributed by atoms with Crippen molar-refractivity contribution in [1.82, 2.24) is 15.5 Å². The van der Waals surface area contributed by atoms with Crippen LogP contribution in [-0.2, 0) is 108 Å². The summed E-state index contributed by atoms with van der Waals surface area (Å²) in [6, 6.07) is -1.04. The second-order valence-electron chi connectivity index (χ2n) is 32.1. The number of phosphoric ester groups is 1. The number of unbranched alkanes of at least 4 members (excludes halogenated alkanes) is 8. The molecule has 5 aliphatic rings. The SMILES string of the molecule is C=P(O)(OC)OC[C@H]1O[C@@H](C)C[C@@H]1OP(=O)(O)OC[C@@H]1C[C@@H](O)CN1C(=O)CC(=O)NC(COCCC(=O)CCCCCC(=O)CCCCO[C@@H]1OC(CO)[C@H](O)[C@H](O)C1C)(COCCC(=O)CCCCCC(=O)CCCCO[C@@H]1OC(CO)[C@H](O)[C@H](O)C1C)COCCC(=O)NCCCCC(=O)CCCCO[C@@H]1OC(CO)[C@H](O)[C@H](O)C1C. The summed E-state index contributed by atoms with van der Waals surface area (Å²) in [6.07, 6.45) is -4.49. The molecule has 0 bridgehead atoms. The molecule has 0 aromatic rings. The van der Waals surface area contributed by atoms with Gasteiger partial charge in [-0.1, -0.05) is 33.6 Å². The highest BCUT2D eigenvalue weighted by Crippen LogP contribution is 2.49. The van der Waals surface area contributed by atoms with Crippen molar-refractivity contribution < 1.29 is 169 Å². The number of likely N-dealkylation sites (tertiary alicyclic amines) is 1. The number of ether oxygens (including phenoxy) is 10. The summed E-state index contributed by atoms with van der Waals surface area (Å²) >= 11 is 0. The fourth-order valence-electron chi connectivity index (χ4n) is 14.4. The molecule has 0 aromatic heterocycles. The normalized spacial score (nSPS) is 29.4. The van der Waals surface area contributed by atoms with Gasteiger partial charge in [0.05, 0.1) is 109 Å². The Morgan fingerprint density at radius 3 is 1.25 bits per heavy atom. The molecule has 14 N–H and O–H groups in total. The number of aliphatic hydroxyl groups excluding tert-OH is 10. The molecule has 5 fully saturated rings. The lowest BCUT2D eigenvalue weighted by Crippen LogP contribution is -2.59. The Balaban J connectivity index is 1.17. The third-order valence-corrected chi connectivity index (χ3v) is 24.0. The van der Waals surface area contributed by atoms with E-state index in [1.165, 1.54) is 7.11 Å². The van der Waals surface area contributed by atoms with Crippen molar-refractivity contribution in [3.8, 4) is 0 Å². The zero-order chi connectivity index (χ0) is 87.7. The van der Waals surface area contributed by atoms with Crippen LogP contribution in [0.4, 0.5) is 0 Å². The van der Waals surface area contributed by atoms with Gasteiger partial charge in [0.2, 0.25) is 25.3 Å². The first kappa shape index (κ1) is 106. The van der Waals surface area contributed by atoms with E-state index in [1.807, 2.05) is 0 Å². The van der Waals surface area contributed by atoms with Crippen molar-refractivity contribution in [1.29, 1.82) is 0 Å². The fourth-order valence-corrected chi connectivity index (χ4v) is 15.9. The summed E-state index contributed by atoms with van der Waals surface area (Å²) in [5.41, 5.74) is -1.68. The molecule has 0 radical (unpaired) electrons. The minimum atomic E-state index is -4.93. The number of aliphatic hydroxyl groups is 10. The van der Waals surface area contributed by atoms with Crippen LogP contribution in [0.15, 0.2) is 0 Å². The number of Topliss-reactive ketones (excluding diaryl/α,β-unsaturated/α-hetero) is 5. The van der Waals surface area contributed by atoms with Gasteiger partial charge in [-0.25, -0.2) is 4.57 Å². The molecule has 38 nitrogen and oxygen atoms in total. The minimum Gasteiger partial charge on any atom is -0.394 e. The summed E-state index contributed by atoms with van der Waals surface area (Å²) in [5, 5.41) is 106. The highest BCUT2D eigenvalue weighted by molar-refractivity contribution is 7.58. The maximum Gasteiger partial charge on any atom is 0.472 e. The van der Waals surface area contributed by atoms with Crippen molar-refractivity contribution in [2.24, 2.45) is 17.8 Å². The van der Waals surface area contributed by atoms with E-state index < -0.39 is 213 Å². The molecule has 22 atom stereocenters. The molecule has 5 aliphatic heterocycles. The highest BCUT2D eigenvalue weighted by atomic mass is 31.2. The molecule has 5 saturated heterocycles. The van der Waals surface area contributed by atoms with Crippen LogP contribution >= 0.6 is 15.4 Å². The summed E-state index contributed by atoms with van der Waals surface area (Å²) in [5.74, 6) is -4.00. The van der Waals surface area contributed by atoms with E-state index in [-0.39, 0.29) is 146 Å². The van der Waals surface area contributed by atoms with Crippen LogP contribution < -0.4 is 10.6 Å². The second kappa shape index (κ2) is 56.4. The highest BCUT2D eigenvalue weighted by Gasteiger charge is 2.47. The van der Waals surface area contributed by atoms with Crippen molar-refractivity contribution in [2.45, 2.75) is 317 Å². The van der Waals surface area contributed by atoms with E-state index in [1.54, 1.807) is 27.7 Å². The molecular formula is C79H139N3O35P2. The quantitative estimate of drug-likeness (QED) is 0.0234. The van der Waals surface area contributed by atoms with Crippen molar-refractivity contribution in [3.05, 3.63) is 0 Å². The van der Waals surface area contributed by atoms with Gasteiger partial charge in [0, 0.05) is 135 Å². The Morgan fingerprint density at radius 1 is 0.462 bits per heavy atom. The fraction of sp³-hybridized carbons (Fsp3) is 0.886. The molecule has 0 saturated carbocycles. The Morgan fingerprint density at radius 2 is 0.849 bits per heavy atom. The number of nitrogens with one attached hydrogen (secondary N) is 2. The van der Waals surface area contributed by atoms with Crippen LogP contribution in [0.1, 0.15) is 207 Å². The lowest BCUT2D eigenvalue weighted by Gasteiger charge is -2.40. The molecule has 0 aliphatic carbocycles. The third-order valence-electron chi connectivity index (χ3n) is 21.9. The van der Waals surface area contributed by atoms with Gasteiger partial charge in [-0.15, -0.1) is 0 Å². The van der Waals surface area contributed by atoms with Crippen LogP contribution in [-0.4, -0.2) is 341 Å². The van der Waals surface area contributed by atoms with E-state index in [0.717, 1.165) is 4.90 Å². The maximum atomic E-state index is 14.4. The topological polar surface area (TPSA) is 553 Å². The zero-order valence-corrected chi connectivity index (χ0v) is 71.8.